The lowest BCUT2D eigenvalue weighted by molar-refractivity contribution is -0.154. The zero-order valence-electron chi connectivity index (χ0n) is 45.6. The summed E-state index contributed by atoms with van der Waals surface area (Å²) in [6.07, 6.45) is 23.6. The van der Waals surface area contributed by atoms with Gasteiger partial charge >= 0.3 is 47.8 Å². The maximum atomic E-state index is 11.2. The van der Waals surface area contributed by atoms with E-state index in [1.54, 1.807) is 13.8 Å². The van der Waals surface area contributed by atoms with Crippen molar-refractivity contribution in [1.29, 1.82) is 0 Å². The summed E-state index contributed by atoms with van der Waals surface area (Å²) in [5.41, 5.74) is -1.24. The van der Waals surface area contributed by atoms with E-state index in [1.807, 2.05) is 13.8 Å². The predicted molar refractivity (Wildman–Crippen MR) is 305 cm³/mol. The lowest BCUT2D eigenvalue weighted by atomic mass is 9.78. The normalized spacial score (nSPS) is 20.2. The maximum absolute atomic E-state index is 11.2. The van der Waals surface area contributed by atoms with E-state index in [1.165, 1.54) is 86.9 Å². The van der Waals surface area contributed by atoms with Crippen molar-refractivity contribution in [3.05, 3.63) is 0 Å². The second-order valence-electron chi connectivity index (χ2n) is 22.0. The molecule has 434 valence electrons. The number of hydrogen-bond acceptors (Lipinski definition) is 13. The number of ether oxygens (including phenoxy) is 5. The monoisotopic (exact) mass is 1280 g/mol. The minimum atomic E-state index is -0.768. The van der Waals surface area contributed by atoms with Crippen LogP contribution in [0.2, 0.25) is 0 Å². The number of carboxylic acids is 3. The topological polar surface area (TPSA) is 243 Å². The Hall–Kier alpha value is -2.78. The fourth-order valence-corrected chi connectivity index (χ4v) is 11.8. The van der Waals surface area contributed by atoms with Crippen LogP contribution in [-0.2, 0) is 62.0 Å². The third-order valence-corrected chi connectivity index (χ3v) is 16.1. The number of carbonyl (C=O) groups is 8. The lowest BCUT2D eigenvalue weighted by Gasteiger charge is -2.26. The van der Waals surface area contributed by atoms with Crippen molar-refractivity contribution in [3.63, 3.8) is 0 Å². The average molecular weight is 1280 g/mol. The molecular formula is C56H100I2O16. The largest absolute Gasteiger partial charge is 0.481 e. The summed E-state index contributed by atoms with van der Waals surface area (Å²) < 4.78 is 23.2. The first-order valence-corrected chi connectivity index (χ1v) is 32.3. The molecule has 74 heavy (non-hydrogen) atoms. The molecule has 16 nitrogen and oxygen atoms in total. The maximum Gasteiger partial charge on any atom is 0.309 e. The summed E-state index contributed by atoms with van der Waals surface area (Å²) >= 11 is 4.24. The van der Waals surface area contributed by atoms with Gasteiger partial charge in [0.05, 0.1) is 75.5 Å². The van der Waals surface area contributed by atoms with E-state index in [-0.39, 0.29) is 74.8 Å². The van der Waals surface area contributed by atoms with Gasteiger partial charge in [-0.2, -0.15) is 0 Å². The highest BCUT2D eigenvalue weighted by Gasteiger charge is 2.45. The van der Waals surface area contributed by atoms with Crippen LogP contribution in [0.25, 0.3) is 0 Å². The smallest absolute Gasteiger partial charge is 0.309 e. The molecular weight excluding hydrogens is 1180 g/mol. The number of methoxy groups -OCH3 is 5. The molecule has 0 radical (unpaired) electrons. The first-order valence-electron chi connectivity index (χ1n) is 26.0. The number of rotatable bonds is 18. The Morgan fingerprint density at radius 3 is 0.824 bits per heavy atom. The summed E-state index contributed by atoms with van der Waals surface area (Å²) in [7, 11) is 6.93. The number of aliphatic carboxylic acids is 3. The SMILES string of the molecule is C.C.COC(=O)C(C)CC1(C(=O)O)CCCC1.COC(=O)C(C)CC1(C)CCCC1.COC(=O)CCC1(C(=O)O)CCCC1.COC(=O)[C@H](C)CC1(C(=O)O)CCCC1.COC(=O)[C@H](C)CC1(C)CCCC1.II. The first-order chi connectivity index (χ1) is 33.8. The quantitative estimate of drug-likeness (QED) is 0.0656. The molecule has 18 heteroatoms. The van der Waals surface area contributed by atoms with Crippen molar-refractivity contribution >= 4 is 85.0 Å². The van der Waals surface area contributed by atoms with Crippen LogP contribution in [0.1, 0.15) is 223 Å². The minimum absolute atomic E-state index is 0. The average Bonchev–Trinajstić information content (AvgIpc) is 4.24. The van der Waals surface area contributed by atoms with Crippen molar-refractivity contribution in [2.24, 2.45) is 50.7 Å². The van der Waals surface area contributed by atoms with Gasteiger partial charge < -0.3 is 39.0 Å². The molecule has 5 aliphatic carbocycles. The van der Waals surface area contributed by atoms with E-state index in [9.17, 15) is 48.6 Å². The second kappa shape index (κ2) is 37.9. The third kappa shape index (κ3) is 25.6. The zero-order chi connectivity index (χ0) is 55.3. The van der Waals surface area contributed by atoms with Crippen LogP contribution in [-0.4, -0.2) is 98.6 Å². The van der Waals surface area contributed by atoms with Gasteiger partial charge in [-0.25, -0.2) is 0 Å². The van der Waals surface area contributed by atoms with Crippen molar-refractivity contribution in [1.82, 2.24) is 0 Å². The Balaban J connectivity index is -0.000000839. The van der Waals surface area contributed by atoms with Gasteiger partial charge in [-0.3, -0.25) is 38.4 Å². The Labute approximate surface area is 469 Å². The van der Waals surface area contributed by atoms with Gasteiger partial charge in [0.15, 0.2) is 0 Å². The third-order valence-electron chi connectivity index (χ3n) is 16.1. The summed E-state index contributed by atoms with van der Waals surface area (Å²) in [4.78, 5) is 89.4. The molecule has 0 amide bonds. The fraction of sp³-hybridized carbons (Fsp3) is 0.857. The van der Waals surface area contributed by atoms with Crippen molar-refractivity contribution in [3.8, 4) is 0 Å². The summed E-state index contributed by atoms with van der Waals surface area (Å²) in [6, 6.07) is 0. The molecule has 0 aromatic carbocycles. The number of esters is 5. The van der Waals surface area contributed by atoms with Gasteiger partial charge in [-0.05, 0) is 107 Å². The van der Waals surface area contributed by atoms with Crippen LogP contribution in [0, 0.1) is 50.7 Å². The van der Waals surface area contributed by atoms with Gasteiger partial charge in [0.25, 0.3) is 0 Å². The number of carboxylic acid groups (broad SMARTS) is 3. The second-order valence-corrected chi connectivity index (χ2v) is 22.0. The van der Waals surface area contributed by atoms with E-state index < -0.39 is 34.2 Å². The van der Waals surface area contributed by atoms with Gasteiger partial charge in [0.2, 0.25) is 0 Å². The van der Waals surface area contributed by atoms with E-state index in [2.05, 4.69) is 65.3 Å². The van der Waals surface area contributed by atoms with E-state index in [0.717, 1.165) is 51.4 Å². The Bertz CT molecular complexity index is 1570. The highest BCUT2D eigenvalue weighted by molar-refractivity contribution is 15.0. The lowest BCUT2D eigenvalue weighted by Crippen LogP contribution is -2.32. The molecule has 0 heterocycles. The molecule has 0 aromatic heterocycles. The standard InChI is InChI=1S/2C11H18O4.2C11H20O2.C10H16O4.2CH4.I2/c2*1-8(9(12)15-2)7-11(10(13)14)5-3-4-6-11;2*1-9(10(12)13-3)8-11(2)6-4-5-7-11;1-14-8(11)4-7-10(9(12)13)5-2-3-6-10;;;1-2/h2*8H,3-7H2,1-2H3,(H,13,14);2*9H,4-8H2,1-3H3;2-7H2,1H3,(H,12,13);2*1H4;/t8-;;9-;;;;;/m1.1...../s1. The van der Waals surface area contributed by atoms with Crippen LogP contribution in [0.5, 0.6) is 0 Å². The number of halogens is 2. The van der Waals surface area contributed by atoms with Crippen LogP contribution in [0.15, 0.2) is 0 Å². The Morgan fingerprint density at radius 1 is 0.392 bits per heavy atom. The molecule has 0 spiro atoms. The molecule has 0 aliphatic heterocycles. The van der Waals surface area contributed by atoms with E-state index in [4.69, 9.17) is 14.6 Å². The van der Waals surface area contributed by atoms with Gasteiger partial charge in [0.1, 0.15) is 0 Å². The summed E-state index contributed by atoms with van der Waals surface area (Å²) in [5.74, 6) is -3.91. The number of carbonyl (C=O) groups excluding carboxylic acids is 5. The van der Waals surface area contributed by atoms with E-state index >= 15 is 0 Å². The van der Waals surface area contributed by atoms with Crippen molar-refractivity contribution in [2.75, 3.05) is 35.5 Å². The Kier molecular flexibility index (Phi) is 38.6. The predicted octanol–water partition coefficient (Wildman–Crippen LogP) is 13.8. The molecule has 5 aliphatic rings. The zero-order valence-corrected chi connectivity index (χ0v) is 49.9. The molecule has 0 saturated heterocycles. The fourth-order valence-electron chi connectivity index (χ4n) is 11.8. The van der Waals surface area contributed by atoms with E-state index in [0.29, 0.717) is 68.6 Å². The highest BCUT2D eigenvalue weighted by atomic mass is 128. The minimum Gasteiger partial charge on any atom is -0.481 e. The molecule has 5 saturated carbocycles. The number of hydrogen-bond donors (Lipinski definition) is 3. The van der Waals surface area contributed by atoms with Gasteiger partial charge in [0, 0.05) is 43.7 Å². The Morgan fingerprint density at radius 2 is 0.608 bits per heavy atom. The highest BCUT2D eigenvalue weighted by Crippen LogP contribution is 2.46. The van der Waals surface area contributed by atoms with Crippen LogP contribution >= 0.6 is 37.2 Å². The molecule has 3 N–H and O–H groups in total. The van der Waals surface area contributed by atoms with Crippen molar-refractivity contribution < 1.29 is 77.4 Å². The van der Waals surface area contributed by atoms with Gasteiger partial charge in [-0.1, -0.05) is 121 Å². The molecule has 5 fully saturated rings. The molecule has 4 atom stereocenters. The molecule has 0 aromatic rings. The molecule has 2 unspecified atom stereocenters. The van der Waals surface area contributed by atoms with Crippen LogP contribution < -0.4 is 0 Å². The first kappa shape index (κ1) is 75.5. The molecule has 0 bridgehead atoms. The molecule has 5 rings (SSSR count). The van der Waals surface area contributed by atoms with Crippen LogP contribution in [0.4, 0.5) is 0 Å². The summed E-state index contributed by atoms with van der Waals surface area (Å²) in [6.45, 7) is 12.0. The van der Waals surface area contributed by atoms with Crippen LogP contribution in [0.3, 0.4) is 0 Å². The van der Waals surface area contributed by atoms with Crippen molar-refractivity contribution in [2.45, 2.75) is 223 Å². The summed E-state index contributed by atoms with van der Waals surface area (Å²) in [5, 5.41) is 27.5. The van der Waals surface area contributed by atoms with Gasteiger partial charge in [-0.15, -0.1) is 0 Å².